The van der Waals surface area contributed by atoms with Gasteiger partial charge in [-0.1, -0.05) is 0 Å². The number of rotatable bonds is 4. The van der Waals surface area contributed by atoms with E-state index in [1.165, 1.54) is 25.3 Å². The Morgan fingerprint density at radius 3 is 2.20 bits per heavy atom. The van der Waals surface area contributed by atoms with Gasteiger partial charge in [0.1, 0.15) is 22.3 Å². The van der Waals surface area contributed by atoms with Gasteiger partial charge in [0.25, 0.3) is 10.0 Å². The predicted octanol–water partition coefficient (Wildman–Crippen LogP) is 2.77. The number of hydrogen-bond donors (Lipinski definition) is 1. The number of halogens is 2. The van der Waals surface area contributed by atoms with Crippen LogP contribution in [-0.2, 0) is 10.0 Å². The number of methoxy groups -OCH3 is 1. The molecule has 7 heteroatoms. The van der Waals surface area contributed by atoms with Crippen molar-refractivity contribution in [3.8, 4) is 5.75 Å². The zero-order valence-electron chi connectivity index (χ0n) is 10.4. The van der Waals surface area contributed by atoms with Crippen molar-refractivity contribution in [1.82, 2.24) is 0 Å². The van der Waals surface area contributed by atoms with Gasteiger partial charge in [0.2, 0.25) is 0 Å². The van der Waals surface area contributed by atoms with Gasteiger partial charge in [0.05, 0.1) is 7.11 Å². The van der Waals surface area contributed by atoms with Crippen LogP contribution < -0.4 is 9.46 Å². The maximum Gasteiger partial charge on any atom is 0.265 e. The van der Waals surface area contributed by atoms with Crippen molar-refractivity contribution in [2.75, 3.05) is 11.8 Å². The fraction of sp³-hybridized carbons (Fsp3) is 0.0769. The van der Waals surface area contributed by atoms with Gasteiger partial charge in [0, 0.05) is 5.69 Å². The van der Waals surface area contributed by atoms with Gasteiger partial charge in [-0.2, -0.15) is 0 Å². The second kappa shape index (κ2) is 5.46. The van der Waals surface area contributed by atoms with Crippen LogP contribution in [0.4, 0.5) is 14.5 Å². The second-order valence-corrected chi connectivity index (χ2v) is 5.56. The Kier molecular flexibility index (Phi) is 3.89. The van der Waals surface area contributed by atoms with Gasteiger partial charge in [-0.3, -0.25) is 4.72 Å². The van der Waals surface area contributed by atoms with Crippen LogP contribution in [0.25, 0.3) is 0 Å². The average molecular weight is 299 g/mol. The predicted molar refractivity (Wildman–Crippen MR) is 70.2 cm³/mol. The summed E-state index contributed by atoms with van der Waals surface area (Å²) in [4.78, 5) is -0.329. The summed E-state index contributed by atoms with van der Waals surface area (Å²) in [6, 6.07) is 7.91. The van der Waals surface area contributed by atoms with Crippen LogP contribution in [0.5, 0.6) is 5.75 Å². The summed E-state index contributed by atoms with van der Waals surface area (Å²) in [5.41, 5.74) is 0.165. The molecule has 0 fully saturated rings. The minimum Gasteiger partial charge on any atom is -0.495 e. The Hall–Kier alpha value is -2.15. The maximum absolute atomic E-state index is 13.2. The van der Waals surface area contributed by atoms with E-state index in [0.717, 1.165) is 24.3 Å². The molecule has 0 atom stereocenters. The highest BCUT2D eigenvalue weighted by atomic mass is 32.2. The molecule has 1 N–H and O–H groups in total. The first-order chi connectivity index (χ1) is 9.42. The summed E-state index contributed by atoms with van der Waals surface area (Å²) >= 11 is 0. The molecule has 0 spiro atoms. The Morgan fingerprint density at radius 1 is 1.00 bits per heavy atom. The van der Waals surface area contributed by atoms with E-state index < -0.39 is 21.7 Å². The van der Waals surface area contributed by atoms with Gasteiger partial charge in [0.15, 0.2) is 0 Å². The smallest absolute Gasteiger partial charge is 0.265 e. The minimum atomic E-state index is -4.03. The molecule has 0 saturated heterocycles. The number of benzene rings is 2. The lowest BCUT2D eigenvalue weighted by Crippen LogP contribution is -2.14. The van der Waals surface area contributed by atoms with Crippen LogP contribution in [0.3, 0.4) is 0 Å². The Bertz CT molecular complexity index is 715. The molecule has 2 aromatic carbocycles. The molecule has 0 unspecified atom stereocenters. The summed E-state index contributed by atoms with van der Waals surface area (Å²) in [5.74, 6) is -1.18. The number of nitrogens with one attached hydrogen (secondary N) is 1. The molecule has 0 aliphatic heterocycles. The average Bonchev–Trinajstić information content (AvgIpc) is 2.41. The fourth-order valence-electron chi connectivity index (χ4n) is 1.59. The molecule has 20 heavy (non-hydrogen) atoms. The molecule has 2 rings (SSSR count). The van der Waals surface area contributed by atoms with E-state index in [1.54, 1.807) is 0 Å². The maximum atomic E-state index is 13.2. The summed E-state index contributed by atoms with van der Waals surface area (Å²) < 4.78 is 57.4. The van der Waals surface area contributed by atoms with E-state index in [1.807, 2.05) is 0 Å². The monoisotopic (exact) mass is 299 g/mol. The molecule has 2 aromatic rings. The molecule has 0 amide bonds. The van der Waals surface area contributed by atoms with Crippen LogP contribution in [0.1, 0.15) is 0 Å². The second-order valence-electron chi connectivity index (χ2n) is 3.91. The van der Waals surface area contributed by atoms with E-state index in [9.17, 15) is 17.2 Å². The van der Waals surface area contributed by atoms with Crippen LogP contribution in [-0.4, -0.2) is 15.5 Å². The quantitative estimate of drug-likeness (QED) is 0.944. The van der Waals surface area contributed by atoms with E-state index in [0.29, 0.717) is 0 Å². The molecule has 106 valence electrons. The van der Waals surface area contributed by atoms with E-state index in [-0.39, 0.29) is 16.3 Å². The third-order valence-corrected chi connectivity index (χ3v) is 3.91. The Balaban J connectivity index is 2.40. The SMILES string of the molecule is COc1ccc(F)cc1S(=O)(=O)Nc1ccc(F)cc1. The number of sulfonamides is 1. The van der Waals surface area contributed by atoms with E-state index in [4.69, 9.17) is 4.74 Å². The first-order valence-corrected chi connectivity index (χ1v) is 7.02. The zero-order chi connectivity index (χ0) is 14.8. The summed E-state index contributed by atoms with van der Waals surface area (Å²) in [6.07, 6.45) is 0. The molecule has 0 aliphatic rings. The molecule has 0 bridgehead atoms. The van der Waals surface area contributed by atoms with Crippen LogP contribution in [0.15, 0.2) is 47.4 Å². The molecule has 0 heterocycles. The third kappa shape index (κ3) is 3.05. The number of ether oxygens (including phenoxy) is 1. The van der Waals surface area contributed by atoms with Crippen LogP contribution >= 0.6 is 0 Å². The van der Waals surface area contributed by atoms with Crippen LogP contribution in [0, 0.1) is 11.6 Å². The Morgan fingerprint density at radius 2 is 1.60 bits per heavy atom. The van der Waals surface area contributed by atoms with Gasteiger partial charge in [-0.15, -0.1) is 0 Å². The standard InChI is InChI=1S/C13H11F2NO3S/c1-19-12-7-4-10(15)8-13(12)20(17,18)16-11-5-2-9(14)3-6-11/h2-8,16H,1H3. The normalized spacial score (nSPS) is 11.2. The van der Waals surface area contributed by atoms with Gasteiger partial charge in [-0.05, 0) is 42.5 Å². The van der Waals surface area contributed by atoms with Crippen molar-refractivity contribution in [2.45, 2.75) is 4.90 Å². The van der Waals surface area contributed by atoms with Gasteiger partial charge >= 0.3 is 0 Å². The molecule has 0 aliphatic carbocycles. The molecular formula is C13H11F2NO3S. The molecule has 0 saturated carbocycles. The van der Waals surface area contributed by atoms with Gasteiger partial charge < -0.3 is 4.74 Å². The summed E-state index contributed by atoms with van der Waals surface area (Å²) in [7, 11) is -2.75. The summed E-state index contributed by atoms with van der Waals surface area (Å²) in [6.45, 7) is 0. The van der Waals surface area contributed by atoms with Crippen molar-refractivity contribution in [1.29, 1.82) is 0 Å². The van der Waals surface area contributed by atoms with Crippen LogP contribution in [0.2, 0.25) is 0 Å². The highest BCUT2D eigenvalue weighted by Crippen LogP contribution is 2.26. The first-order valence-electron chi connectivity index (χ1n) is 5.54. The zero-order valence-corrected chi connectivity index (χ0v) is 11.2. The summed E-state index contributed by atoms with van der Waals surface area (Å²) in [5, 5.41) is 0. The number of hydrogen-bond acceptors (Lipinski definition) is 3. The van der Waals surface area contributed by atoms with Crippen molar-refractivity contribution in [3.63, 3.8) is 0 Å². The van der Waals surface area contributed by atoms with Crippen molar-refractivity contribution >= 4 is 15.7 Å². The highest BCUT2D eigenvalue weighted by Gasteiger charge is 2.20. The lowest BCUT2D eigenvalue weighted by Gasteiger charge is -2.11. The minimum absolute atomic E-state index is 0.0148. The van der Waals surface area contributed by atoms with E-state index in [2.05, 4.69) is 4.72 Å². The van der Waals surface area contributed by atoms with Crippen molar-refractivity contribution < 1.29 is 21.9 Å². The van der Waals surface area contributed by atoms with Crippen molar-refractivity contribution in [3.05, 3.63) is 54.1 Å². The molecular weight excluding hydrogens is 288 g/mol. The molecule has 4 nitrogen and oxygen atoms in total. The van der Waals surface area contributed by atoms with Crippen molar-refractivity contribution in [2.24, 2.45) is 0 Å². The first kappa shape index (κ1) is 14.3. The third-order valence-electron chi connectivity index (χ3n) is 2.51. The largest absolute Gasteiger partial charge is 0.495 e. The fourth-order valence-corrected chi connectivity index (χ4v) is 2.83. The van der Waals surface area contributed by atoms with E-state index >= 15 is 0 Å². The highest BCUT2D eigenvalue weighted by molar-refractivity contribution is 7.92. The molecule has 0 radical (unpaired) electrons. The lowest BCUT2D eigenvalue weighted by atomic mass is 10.3. The lowest BCUT2D eigenvalue weighted by molar-refractivity contribution is 0.401. The topological polar surface area (TPSA) is 55.4 Å². The molecule has 0 aromatic heterocycles. The Labute approximate surface area is 115 Å². The van der Waals surface area contributed by atoms with Gasteiger partial charge in [-0.25, -0.2) is 17.2 Å². The number of anilines is 1.